The summed E-state index contributed by atoms with van der Waals surface area (Å²) in [4.78, 5) is 14.8. The lowest BCUT2D eigenvalue weighted by molar-refractivity contribution is -0.122. The molecule has 0 aromatic heterocycles. The van der Waals surface area contributed by atoms with Crippen LogP contribution in [-0.4, -0.2) is 35.9 Å². The van der Waals surface area contributed by atoms with E-state index in [1.807, 2.05) is 18.2 Å². The molecule has 1 heterocycles. The van der Waals surface area contributed by atoms with Crippen molar-refractivity contribution in [1.29, 1.82) is 0 Å². The van der Waals surface area contributed by atoms with Crippen LogP contribution in [0.5, 0.6) is 11.5 Å². The summed E-state index contributed by atoms with van der Waals surface area (Å²) in [7, 11) is 3.18. The van der Waals surface area contributed by atoms with Gasteiger partial charge in [0, 0.05) is 6.54 Å². The number of carbonyl (C=O) groups excluding carboxylic acids is 1. The van der Waals surface area contributed by atoms with Gasteiger partial charge in [0.25, 0.3) is 5.91 Å². The van der Waals surface area contributed by atoms with Crippen LogP contribution < -0.4 is 9.47 Å². The fourth-order valence-electron chi connectivity index (χ4n) is 2.68. The van der Waals surface area contributed by atoms with Crippen molar-refractivity contribution in [2.45, 2.75) is 6.42 Å². The fraction of sp³-hybridized carbons (Fsp3) is 0.200. The van der Waals surface area contributed by atoms with Crippen molar-refractivity contribution in [2.75, 3.05) is 20.8 Å². The van der Waals surface area contributed by atoms with Gasteiger partial charge in [-0.15, -0.1) is 0 Å². The van der Waals surface area contributed by atoms with Crippen LogP contribution in [0.2, 0.25) is 0 Å². The van der Waals surface area contributed by atoms with Gasteiger partial charge in [-0.05, 0) is 47.9 Å². The highest BCUT2D eigenvalue weighted by atomic mass is 32.2. The summed E-state index contributed by atoms with van der Waals surface area (Å²) in [6.45, 7) is 0.473. The third-order valence-electron chi connectivity index (χ3n) is 4.11. The normalized spacial score (nSPS) is 15.5. The van der Waals surface area contributed by atoms with E-state index in [1.165, 1.54) is 23.9 Å². The van der Waals surface area contributed by atoms with Crippen LogP contribution in [0.25, 0.3) is 6.08 Å². The van der Waals surface area contributed by atoms with E-state index in [9.17, 15) is 9.18 Å². The molecular weight excluding hydrogens is 385 g/mol. The van der Waals surface area contributed by atoms with Crippen molar-refractivity contribution < 1.29 is 18.7 Å². The quantitative estimate of drug-likeness (QED) is 0.532. The Balaban J connectivity index is 1.70. The van der Waals surface area contributed by atoms with Gasteiger partial charge in [0.15, 0.2) is 11.5 Å². The average molecular weight is 404 g/mol. The average Bonchev–Trinajstić information content (AvgIpc) is 2.94. The summed E-state index contributed by atoms with van der Waals surface area (Å²) in [5.74, 6) is 0.870. The molecule has 0 radical (unpaired) electrons. The zero-order valence-electron chi connectivity index (χ0n) is 14.9. The van der Waals surface area contributed by atoms with Gasteiger partial charge in [0.05, 0.1) is 19.1 Å². The molecule has 2 aromatic carbocycles. The van der Waals surface area contributed by atoms with Crippen LogP contribution in [-0.2, 0) is 11.2 Å². The summed E-state index contributed by atoms with van der Waals surface area (Å²) in [5.41, 5.74) is 1.78. The summed E-state index contributed by atoms with van der Waals surface area (Å²) in [6.07, 6.45) is 2.37. The van der Waals surface area contributed by atoms with Gasteiger partial charge in [-0.2, -0.15) is 0 Å². The molecule has 0 atom stereocenters. The number of methoxy groups -OCH3 is 2. The number of hydrogen-bond acceptors (Lipinski definition) is 5. The Kier molecular flexibility index (Phi) is 6.13. The van der Waals surface area contributed by atoms with E-state index >= 15 is 0 Å². The summed E-state index contributed by atoms with van der Waals surface area (Å²) in [6, 6.07) is 11.7. The molecule has 0 unspecified atom stereocenters. The molecule has 0 aliphatic carbocycles. The Bertz CT molecular complexity index is 897. The van der Waals surface area contributed by atoms with Crippen molar-refractivity contribution in [3.8, 4) is 11.5 Å². The second-order valence-corrected chi connectivity index (χ2v) is 7.50. The number of halogens is 1. The fourth-order valence-corrected chi connectivity index (χ4v) is 3.99. The van der Waals surface area contributed by atoms with E-state index in [0.29, 0.717) is 33.7 Å². The second kappa shape index (κ2) is 8.54. The molecule has 0 saturated carbocycles. The number of rotatable bonds is 6. The van der Waals surface area contributed by atoms with E-state index in [1.54, 1.807) is 37.3 Å². The van der Waals surface area contributed by atoms with Crippen molar-refractivity contribution in [2.24, 2.45) is 0 Å². The van der Waals surface area contributed by atoms with Gasteiger partial charge in [-0.1, -0.05) is 42.2 Å². The van der Waals surface area contributed by atoms with Crippen LogP contribution in [0.3, 0.4) is 0 Å². The van der Waals surface area contributed by atoms with E-state index in [4.69, 9.17) is 21.7 Å². The number of carbonyl (C=O) groups is 1. The van der Waals surface area contributed by atoms with E-state index in [2.05, 4.69) is 0 Å². The SMILES string of the molecule is COc1ccc(CCN2C(=O)/C(=C\c3ccc(F)cc3)SC2=S)cc1OC. The molecule has 1 aliphatic rings. The lowest BCUT2D eigenvalue weighted by Gasteiger charge is -2.15. The largest absolute Gasteiger partial charge is 0.493 e. The molecule has 7 heteroatoms. The van der Waals surface area contributed by atoms with E-state index < -0.39 is 0 Å². The Hall–Kier alpha value is -2.38. The molecule has 0 spiro atoms. The van der Waals surface area contributed by atoms with Crippen molar-refractivity contribution >= 4 is 40.3 Å². The lowest BCUT2D eigenvalue weighted by atomic mass is 10.1. The molecule has 0 N–H and O–H groups in total. The van der Waals surface area contributed by atoms with Gasteiger partial charge in [-0.3, -0.25) is 9.69 Å². The van der Waals surface area contributed by atoms with Gasteiger partial charge in [-0.25, -0.2) is 4.39 Å². The minimum Gasteiger partial charge on any atom is -0.493 e. The van der Waals surface area contributed by atoms with E-state index in [-0.39, 0.29) is 11.7 Å². The molecule has 0 bridgehead atoms. The molecular formula is C20H18FNO3S2. The zero-order chi connectivity index (χ0) is 19.4. The third kappa shape index (κ3) is 4.48. The highest BCUT2D eigenvalue weighted by molar-refractivity contribution is 8.26. The number of nitrogens with zero attached hydrogens (tertiary/aromatic N) is 1. The maximum atomic E-state index is 13.0. The van der Waals surface area contributed by atoms with Gasteiger partial charge in [0.1, 0.15) is 10.1 Å². The number of benzene rings is 2. The maximum Gasteiger partial charge on any atom is 0.266 e. The zero-order valence-corrected chi connectivity index (χ0v) is 16.5. The molecule has 3 rings (SSSR count). The first-order valence-corrected chi connectivity index (χ1v) is 9.46. The third-order valence-corrected chi connectivity index (χ3v) is 5.49. The Morgan fingerprint density at radius 3 is 2.48 bits per heavy atom. The van der Waals surface area contributed by atoms with E-state index in [0.717, 1.165) is 11.1 Å². The van der Waals surface area contributed by atoms with Crippen molar-refractivity contribution in [3.05, 3.63) is 64.3 Å². The lowest BCUT2D eigenvalue weighted by Crippen LogP contribution is -2.30. The Labute approximate surface area is 167 Å². The maximum absolute atomic E-state index is 13.0. The Morgan fingerprint density at radius 1 is 1.11 bits per heavy atom. The molecule has 140 valence electrons. The van der Waals surface area contributed by atoms with Crippen molar-refractivity contribution in [1.82, 2.24) is 4.90 Å². The number of hydrogen-bond donors (Lipinski definition) is 0. The van der Waals surface area contributed by atoms with Crippen LogP contribution >= 0.6 is 24.0 Å². The Morgan fingerprint density at radius 2 is 1.81 bits per heavy atom. The highest BCUT2D eigenvalue weighted by Crippen LogP contribution is 2.33. The van der Waals surface area contributed by atoms with Gasteiger partial charge < -0.3 is 9.47 Å². The molecule has 1 fully saturated rings. The molecule has 1 aliphatic heterocycles. The molecule has 1 saturated heterocycles. The number of ether oxygens (including phenoxy) is 2. The summed E-state index contributed by atoms with van der Waals surface area (Å²) < 4.78 is 24.1. The predicted octanol–water partition coefficient (Wildman–Crippen LogP) is 4.29. The second-order valence-electron chi connectivity index (χ2n) is 5.82. The highest BCUT2D eigenvalue weighted by Gasteiger charge is 2.31. The van der Waals surface area contributed by atoms with Crippen LogP contribution in [0.4, 0.5) is 4.39 Å². The van der Waals surface area contributed by atoms with Crippen LogP contribution in [0, 0.1) is 5.82 Å². The monoisotopic (exact) mass is 403 g/mol. The molecule has 1 amide bonds. The smallest absolute Gasteiger partial charge is 0.266 e. The predicted molar refractivity (Wildman–Crippen MR) is 110 cm³/mol. The molecule has 2 aromatic rings. The topological polar surface area (TPSA) is 38.8 Å². The first-order chi connectivity index (χ1) is 13.0. The van der Waals surface area contributed by atoms with Crippen LogP contribution in [0.1, 0.15) is 11.1 Å². The standard InChI is InChI=1S/C20H18FNO3S2/c1-24-16-8-5-14(11-17(16)25-2)9-10-22-19(23)18(27-20(22)26)12-13-3-6-15(21)7-4-13/h3-8,11-12H,9-10H2,1-2H3/b18-12+. The van der Waals surface area contributed by atoms with Gasteiger partial charge in [0.2, 0.25) is 0 Å². The summed E-state index contributed by atoms with van der Waals surface area (Å²) in [5, 5.41) is 0. The number of thiocarbonyl (C=S) groups is 1. The first-order valence-electron chi connectivity index (χ1n) is 8.23. The molecule has 27 heavy (non-hydrogen) atoms. The van der Waals surface area contributed by atoms with Gasteiger partial charge >= 0.3 is 0 Å². The minimum absolute atomic E-state index is 0.130. The number of thioether (sulfide) groups is 1. The van der Waals surface area contributed by atoms with Crippen LogP contribution in [0.15, 0.2) is 47.4 Å². The van der Waals surface area contributed by atoms with Crippen molar-refractivity contribution in [3.63, 3.8) is 0 Å². The first kappa shape index (κ1) is 19.4. The summed E-state index contributed by atoms with van der Waals surface area (Å²) >= 11 is 6.62. The number of amides is 1. The molecule has 4 nitrogen and oxygen atoms in total. The minimum atomic E-state index is -0.311.